The van der Waals surface area contributed by atoms with Crippen molar-refractivity contribution >= 4 is 0 Å². The molecule has 74 valence electrons. The third kappa shape index (κ3) is 6.62. The van der Waals surface area contributed by atoms with Crippen molar-refractivity contribution in [3.05, 3.63) is 0 Å². The second-order valence-electron chi connectivity index (χ2n) is 4.66. The zero-order valence-corrected chi connectivity index (χ0v) is 8.85. The van der Waals surface area contributed by atoms with E-state index in [4.69, 9.17) is 5.11 Å². The van der Waals surface area contributed by atoms with Gasteiger partial charge in [0, 0.05) is 13.1 Å². The summed E-state index contributed by atoms with van der Waals surface area (Å²) in [5.41, 5.74) is 0.351. The molecule has 0 fully saturated rings. The van der Waals surface area contributed by atoms with Gasteiger partial charge >= 0.3 is 0 Å². The molecule has 0 unspecified atom stereocenters. The Hall–Kier alpha value is -0.0800. The summed E-state index contributed by atoms with van der Waals surface area (Å²) < 4.78 is 0. The second kappa shape index (κ2) is 5.55. The first-order chi connectivity index (χ1) is 5.48. The molecule has 0 aliphatic carbocycles. The highest BCUT2D eigenvalue weighted by Crippen LogP contribution is 2.23. The van der Waals surface area contributed by atoms with Crippen molar-refractivity contribution in [1.29, 1.82) is 0 Å². The van der Waals surface area contributed by atoms with E-state index in [-0.39, 0.29) is 6.61 Å². The van der Waals surface area contributed by atoms with Crippen LogP contribution in [0.1, 0.15) is 34.1 Å². The minimum atomic E-state index is 0.234. The van der Waals surface area contributed by atoms with Gasteiger partial charge in [-0.1, -0.05) is 27.7 Å². The van der Waals surface area contributed by atoms with Gasteiger partial charge in [-0.2, -0.15) is 0 Å². The Kier molecular flexibility index (Phi) is 5.51. The molecule has 0 heterocycles. The van der Waals surface area contributed by atoms with Crippen LogP contribution in [-0.4, -0.2) is 24.8 Å². The minimum absolute atomic E-state index is 0.234. The van der Waals surface area contributed by atoms with Gasteiger partial charge < -0.3 is 10.4 Å². The molecular weight excluding hydrogens is 150 g/mol. The van der Waals surface area contributed by atoms with Gasteiger partial charge in [-0.05, 0) is 17.8 Å². The van der Waals surface area contributed by atoms with Crippen molar-refractivity contribution in [2.45, 2.75) is 34.1 Å². The maximum absolute atomic E-state index is 8.58. The van der Waals surface area contributed by atoms with Crippen LogP contribution in [0.3, 0.4) is 0 Å². The first-order valence-electron chi connectivity index (χ1n) is 4.79. The maximum atomic E-state index is 8.58. The molecule has 2 N–H and O–H groups in total. The van der Waals surface area contributed by atoms with E-state index in [2.05, 4.69) is 33.0 Å². The molecule has 0 atom stereocenters. The second-order valence-corrected chi connectivity index (χ2v) is 4.66. The van der Waals surface area contributed by atoms with Crippen LogP contribution in [0.2, 0.25) is 0 Å². The van der Waals surface area contributed by atoms with E-state index in [1.165, 1.54) is 6.42 Å². The van der Waals surface area contributed by atoms with Crippen LogP contribution in [0.15, 0.2) is 0 Å². The van der Waals surface area contributed by atoms with Crippen molar-refractivity contribution in [3.8, 4) is 0 Å². The number of hydrogen-bond acceptors (Lipinski definition) is 2. The number of rotatable bonds is 6. The summed E-state index contributed by atoms with van der Waals surface area (Å²) in [6, 6.07) is 0. The minimum Gasteiger partial charge on any atom is -0.395 e. The smallest absolute Gasteiger partial charge is 0.0555 e. The lowest BCUT2D eigenvalue weighted by molar-refractivity contribution is 0.248. The van der Waals surface area contributed by atoms with Gasteiger partial charge in [-0.15, -0.1) is 0 Å². The van der Waals surface area contributed by atoms with Crippen molar-refractivity contribution < 1.29 is 5.11 Å². The quantitative estimate of drug-likeness (QED) is 0.598. The molecule has 2 heteroatoms. The number of aliphatic hydroxyl groups excluding tert-OH is 1. The predicted octanol–water partition coefficient (Wildman–Crippen LogP) is 1.64. The maximum Gasteiger partial charge on any atom is 0.0555 e. The monoisotopic (exact) mass is 173 g/mol. The summed E-state index contributed by atoms with van der Waals surface area (Å²) in [4.78, 5) is 0. The van der Waals surface area contributed by atoms with Gasteiger partial charge in [0.05, 0.1) is 6.61 Å². The fourth-order valence-electron chi connectivity index (χ4n) is 1.68. The number of aliphatic hydroxyl groups is 1. The Balaban J connectivity index is 3.56. The Morgan fingerprint density at radius 3 is 2.33 bits per heavy atom. The molecule has 0 aromatic heterocycles. The van der Waals surface area contributed by atoms with Gasteiger partial charge in [0.2, 0.25) is 0 Å². The number of nitrogens with one attached hydrogen (secondary N) is 1. The molecule has 0 spiro atoms. The van der Waals surface area contributed by atoms with Crippen LogP contribution >= 0.6 is 0 Å². The van der Waals surface area contributed by atoms with Gasteiger partial charge in [0.1, 0.15) is 0 Å². The first kappa shape index (κ1) is 11.9. The van der Waals surface area contributed by atoms with Crippen LogP contribution in [0.25, 0.3) is 0 Å². The summed E-state index contributed by atoms with van der Waals surface area (Å²) in [7, 11) is 0. The topological polar surface area (TPSA) is 32.3 Å². The van der Waals surface area contributed by atoms with E-state index >= 15 is 0 Å². The largest absolute Gasteiger partial charge is 0.395 e. The molecule has 0 saturated carbocycles. The predicted molar refractivity (Wildman–Crippen MR) is 53.2 cm³/mol. The zero-order valence-electron chi connectivity index (χ0n) is 8.85. The molecule has 0 aliphatic heterocycles. The van der Waals surface area contributed by atoms with Gasteiger partial charge in [0.25, 0.3) is 0 Å². The zero-order chi connectivity index (χ0) is 9.61. The highest BCUT2D eigenvalue weighted by Gasteiger charge is 2.18. The highest BCUT2D eigenvalue weighted by atomic mass is 16.3. The molecule has 2 nitrogen and oxygen atoms in total. The molecule has 0 bridgehead atoms. The van der Waals surface area contributed by atoms with E-state index in [0.29, 0.717) is 12.0 Å². The van der Waals surface area contributed by atoms with Crippen LogP contribution in [0, 0.1) is 11.3 Å². The average molecular weight is 173 g/mol. The van der Waals surface area contributed by atoms with Crippen molar-refractivity contribution in [1.82, 2.24) is 5.32 Å². The normalized spacial score (nSPS) is 12.5. The standard InChI is InChI=1S/C10H23NO/c1-9(2)7-10(3,4)8-11-5-6-12/h9,11-12H,5-8H2,1-4H3. The average Bonchev–Trinajstić information content (AvgIpc) is 1.84. The Morgan fingerprint density at radius 2 is 1.92 bits per heavy atom. The van der Waals surface area contributed by atoms with Crippen LogP contribution < -0.4 is 5.32 Å². The van der Waals surface area contributed by atoms with Crippen LogP contribution in [0.5, 0.6) is 0 Å². The molecule has 12 heavy (non-hydrogen) atoms. The molecule has 0 aliphatic rings. The Labute approximate surface area is 76.4 Å². The molecule has 0 amide bonds. The molecular formula is C10H23NO. The Bertz CT molecular complexity index is 110. The molecule has 0 aromatic rings. The fourth-order valence-corrected chi connectivity index (χ4v) is 1.68. The molecule has 0 saturated heterocycles. The van der Waals surface area contributed by atoms with Crippen LogP contribution in [-0.2, 0) is 0 Å². The summed E-state index contributed by atoms with van der Waals surface area (Å²) in [6.45, 7) is 10.9. The first-order valence-corrected chi connectivity index (χ1v) is 4.79. The van der Waals surface area contributed by atoms with Crippen LogP contribution in [0.4, 0.5) is 0 Å². The van der Waals surface area contributed by atoms with E-state index < -0.39 is 0 Å². The summed E-state index contributed by atoms with van der Waals surface area (Å²) >= 11 is 0. The number of hydrogen-bond donors (Lipinski definition) is 2. The fraction of sp³-hybridized carbons (Fsp3) is 1.00. The third-order valence-electron chi connectivity index (χ3n) is 1.85. The SMILES string of the molecule is CC(C)CC(C)(C)CNCCO. The summed E-state index contributed by atoms with van der Waals surface area (Å²) in [5, 5.41) is 11.8. The van der Waals surface area contributed by atoms with E-state index in [1.807, 2.05) is 0 Å². The highest BCUT2D eigenvalue weighted by molar-refractivity contribution is 4.72. The lowest BCUT2D eigenvalue weighted by atomic mass is 9.84. The summed E-state index contributed by atoms with van der Waals surface area (Å²) in [6.07, 6.45) is 1.23. The van der Waals surface area contributed by atoms with Crippen molar-refractivity contribution in [2.24, 2.45) is 11.3 Å². The molecule has 0 rings (SSSR count). The van der Waals surface area contributed by atoms with E-state index in [0.717, 1.165) is 12.5 Å². The molecule has 0 aromatic carbocycles. The lowest BCUT2D eigenvalue weighted by Crippen LogP contribution is -2.32. The van der Waals surface area contributed by atoms with Gasteiger partial charge in [0.15, 0.2) is 0 Å². The molecule has 0 radical (unpaired) electrons. The van der Waals surface area contributed by atoms with Gasteiger partial charge in [-0.3, -0.25) is 0 Å². The Morgan fingerprint density at radius 1 is 1.33 bits per heavy atom. The van der Waals surface area contributed by atoms with Gasteiger partial charge in [-0.25, -0.2) is 0 Å². The van der Waals surface area contributed by atoms with E-state index in [1.54, 1.807) is 0 Å². The lowest BCUT2D eigenvalue weighted by Gasteiger charge is -2.26. The summed E-state index contributed by atoms with van der Waals surface area (Å²) in [5.74, 6) is 0.746. The third-order valence-corrected chi connectivity index (χ3v) is 1.85. The van der Waals surface area contributed by atoms with Crippen molar-refractivity contribution in [3.63, 3.8) is 0 Å². The van der Waals surface area contributed by atoms with E-state index in [9.17, 15) is 0 Å². The van der Waals surface area contributed by atoms with Crippen molar-refractivity contribution in [2.75, 3.05) is 19.7 Å².